The number of amides is 1. The largest absolute Gasteiger partial charge is 0.491 e. The van der Waals surface area contributed by atoms with Crippen molar-refractivity contribution in [2.45, 2.75) is 13.3 Å². The minimum Gasteiger partial charge on any atom is -0.491 e. The molecule has 0 bridgehead atoms. The van der Waals surface area contributed by atoms with Crippen molar-refractivity contribution < 1.29 is 18.1 Å². The first-order chi connectivity index (χ1) is 14.9. The second kappa shape index (κ2) is 8.84. The van der Waals surface area contributed by atoms with Crippen molar-refractivity contribution in [3.05, 3.63) is 48.0 Å². The van der Waals surface area contributed by atoms with Crippen molar-refractivity contribution in [2.75, 3.05) is 24.7 Å². The Labute approximate surface area is 180 Å². The number of nitrogens with one attached hydrogen (secondary N) is 2. The molecule has 4 rings (SSSR count). The third-order valence-corrected chi connectivity index (χ3v) is 5.42. The normalized spacial score (nSPS) is 17.0. The summed E-state index contributed by atoms with van der Waals surface area (Å²) in [6.07, 6.45) is 3.35. The fourth-order valence-electron chi connectivity index (χ4n) is 3.52. The SMILES string of the molecule is Cc1cc(/N=[SH](/C)=O)cc2ncnc(Nc3ccc(F)cc3OCC3CNC(=O)C3)c12. The zero-order chi connectivity index (χ0) is 22.0. The average molecular weight is 444 g/mol. The van der Waals surface area contributed by atoms with Crippen molar-refractivity contribution in [3.63, 3.8) is 0 Å². The third kappa shape index (κ3) is 4.91. The summed E-state index contributed by atoms with van der Waals surface area (Å²) < 4.78 is 35.3. The molecular weight excluding hydrogens is 421 g/mol. The van der Waals surface area contributed by atoms with Crippen LogP contribution in [0.15, 0.2) is 41.0 Å². The van der Waals surface area contributed by atoms with E-state index < -0.39 is 16.4 Å². The first kappa shape index (κ1) is 21.0. The standard InChI is InChI=1S/C21H22FN5O3S/c1-12-5-15(27-31(2)29)8-17-20(12)21(25-11-24-17)26-16-4-3-14(22)7-18(16)30-10-13-6-19(28)23-9-13/h3-5,7-8,11,13,31H,6,9-10H2,1-2H3,(H,23,28)(H,24,25,26). The van der Waals surface area contributed by atoms with Gasteiger partial charge in [0.1, 0.15) is 23.7 Å². The van der Waals surface area contributed by atoms with Crippen molar-refractivity contribution >= 4 is 44.6 Å². The second-order valence-electron chi connectivity index (χ2n) is 7.39. The fourth-order valence-corrected chi connectivity index (χ4v) is 3.97. The van der Waals surface area contributed by atoms with Crippen LogP contribution in [0.25, 0.3) is 10.9 Å². The van der Waals surface area contributed by atoms with Gasteiger partial charge in [0, 0.05) is 47.2 Å². The van der Waals surface area contributed by atoms with Crippen molar-refractivity contribution in [3.8, 4) is 5.75 Å². The lowest BCUT2D eigenvalue weighted by Crippen LogP contribution is -2.17. The first-order valence-electron chi connectivity index (χ1n) is 9.73. The number of carbonyl (C=O) groups is 1. The van der Waals surface area contributed by atoms with Gasteiger partial charge in [0.05, 0.1) is 23.5 Å². The van der Waals surface area contributed by atoms with E-state index in [1.165, 1.54) is 24.7 Å². The Balaban J connectivity index is 1.65. The highest BCUT2D eigenvalue weighted by molar-refractivity contribution is 7.74. The average Bonchev–Trinajstić information content (AvgIpc) is 3.12. The maximum Gasteiger partial charge on any atom is 0.220 e. The molecular formula is C21H22FN5O3S. The van der Waals surface area contributed by atoms with E-state index in [4.69, 9.17) is 4.74 Å². The molecule has 0 saturated carbocycles. The summed E-state index contributed by atoms with van der Waals surface area (Å²) in [5.74, 6) is 0.470. The van der Waals surface area contributed by atoms with Crippen LogP contribution in [0.5, 0.6) is 5.75 Å². The molecule has 1 amide bonds. The van der Waals surface area contributed by atoms with Crippen LogP contribution in [-0.4, -0.2) is 39.5 Å². The number of thiol groups is 1. The highest BCUT2D eigenvalue weighted by Gasteiger charge is 2.22. The summed E-state index contributed by atoms with van der Waals surface area (Å²) in [5, 5.41) is 6.75. The maximum atomic E-state index is 13.9. The summed E-state index contributed by atoms with van der Waals surface area (Å²) in [4.78, 5) is 20.0. The van der Waals surface area contributed by atoms with Crippen LogP contribution >= 0.6 is 0 Å². The Bertz CT molecular complexity index is 1240. The highest BCUT2D eigenvalue weighted by Crippen LogP contribution is 2.33. The fraction of sp³-hybridized carbons (Fsp3) is 0.286. The van der Waals surface area contributed by atoms with Gasteiger partial charge in [-0.25, -0.2) is 18.7 Å². The summed E-state index contributed by atoms with van der Waals surface area (Å²) in [6, 6.07) is 7.79. The molecule has 162 valence electrons. The number of halogens is 1. The number of hydrogen-bond donors (Lipinski definition) is 3. The topological polar surface area (TPSA) is 106 Å². The smallest absolute Gasteiger partial charge is 0.220 e. The number of anilines is 2. The number of rotatable bonds is 6. The van der Waals surface area contributed by atoms with Gasteiger partial charge in [0.25, 0.3) is 0 Å². The van der Waals surface area contributed by atoms with E-state index in [9.17, 15) is 13.4 Å². The van der Waals surface area contributed by atoms with E-state index in [1.54, 1.807) is 12.1 Å². The van der Waals surface area contributed by atoms with Gasteiger partial charge in [-0.1, -0.05) is 0 Å². The van der Waals surface area contributed by atoms with Gasteiger partial charge in [0.15, 0.2) is 0 Å². The van der Waals surface area contributed by atoms with Crippen LogP contribution in [0.1, 0.15) is 12.0 Å². The quantitative estimate of drug-likeness (QED) is 0.505. The molecule has 1 aliphatic rings. The molecule has 1 aromatic heterocycles. The Morgan fingerprint density at radius 3 is 2.90 bits per heavy atom. The Kier molecular flexibility index (Phi) is 5.99. The summed E-state index contributed by atoms with van der Waals surface area (Å²) in [5.41, 5.74) is 2.64. The van der Waals surface area contributed by atoms with Gasteiger partial charge in [-0.2, -0.15) is 0 Å². The molecule has 2 unspecified atom stereocenters. The molecule has 2 N–H and O–H groups in total. The zero-order valence-corrected chi connectivity index (χ0v) is 17.9. The number of aryl methyl sites for hydroxylation is 1. The van der Waals surface area contributed by atoms with E-state index in [0.717, 1.165) is 10.9 Å². The van der Waals surface area contributed by atoms with E-state index in [-0.39, 0.29) is 11.8 Å². The minimum atomic E-state index is -1.67. The number of carbonyl (C=O) groups excluding carboxylic acids is 1. The predicted molar refractivity (Wildman–Crippen MR) is 118 cm³/mol. The summed E-state index contributed by atoms with van der Waals surface area (Å²) >= 11 is 0. The number of ether oxygens (including phenoxy) is 1. The number of fused-ring (bicyclic) bond motifs is 1. The van der Waals surface area contributed by atoms with E-state index in [0.29, 0.717) is 48.0 Å². The monoisotopic (exact) mass is 443 g/mol. The van der Waals surface area contributed by atoms with Crippen LogP contribution < -0.4 is 15.4 Å². The highest BCUT2D eigenvalue weighted by atomic mass is 32.2. The molecule has 0 spiro atoms. The zero-order valence-electron chi connectivity index (χ0n) is 17.1. The molecule has 3 aromatic rings. The molecule has 1 fully saturated rings. The van der Waals surface area contributed by atoms with Crippen LogP contribution in [0, 0.1) is 18.7 Å². The molecule has 8 nitrogen and oxygen atoms in total. The van der Waals surface area contributed by atoms with Gasteiger partial charge >= 0.3 is 0 Å². The van der Waals surface area contributed by atoms with Crippen LogP contribution in [-0.2, 0) is 15.4 Å². The van der Waals surface area contributed by atoms with Gasteiger partial charge in [-0.3, -0.25) is 9.00 Å². The lowest BCUT2D eigenvalue weighted by molar-refractivity contribution is -0.119. The minimum absolute atomic E-state index is 0.00663. The number of benzene rings is 2. The predicted octanol–water partition coefficient (Wildman–Crippen LogP) is 3.26. The first-order valence-corrected chi connectivity index (χ1v) is 11.4. The number of hydrogen-bond acceptors (Lipinski definition) is 7. The van der Waals surface area contributed by atoms with E-state index in [2.05, 4.69) is 25.0 Å². The Morgan fingerprint density at radius 2 is 2.16 bits per heavy atom. The lowest BCUT2D eigenvalue weighted by Gasteiger charge is -2.16. The lowest BCUT2D eigenvalue weighted by atomic mass is 10.1. The van der Waals surface area contributed by atoms with Crippen molar-refractivity contribution in [1.29, 1.82) is 0 Å². The van der Waals surface area contributed by atoms with Gasteiger partial charge < -0.3 is 15.4 Å². The maximum absolute atomic E-state index is 13.9. The molecule has 0 radical (unpaired) electrons. The second-order valence-corrected chi connectivity index (χ2v) is 8.52. The van der Waals surface area contributed by atoms with Crippen molar-refractivity contribution in [1.82, 2.24) is 15.3 Å². The summed E-state index contributed by atoms with van der Waals surface area (Å²) in [7, 11) is -1.67. The third-order valence-electron chi connectivity index (χ3n) is 4.91. The molecule has 2 atom stereocenters. The number of nitrogens with zero attached hydrogens (tertiary/aromatic N) is 3. The van der Waals surface area contributed by atoms with Crippen LogP contribution in [0.2, 0.25) is 0 Å². The summed E-state index contributed by atoms with van der Waals surface area (Å²) in [6.45, 7) is 2.73. The number of aromatic nitrogens is 2. The van der Waals surface area contributed by atoms with Crippen LogP contribution in [0.4, 0.5) is 21.6 Å². The van der Waals surface area contributed by atoms with E-state index >= 15 is 0 Å². The Morgan fingerprint density at radius 1 is 1.32 bits per heavy atom. The van der Waals surface area contributed by atoms with E-state index in [1.807, 2.05) is 13.0 Å². The molecule has 2 aromatic carbocycles. The molecule has 2 heterocycles. The Hall–Kier alpha value is -3.27. The van der Waals surface area contributed by atoms with Gasteiger partial charge in [-0.15, -0.1) is 0 Å². The molecule has 1 aliphatic heterocycles. The molecule has 10 heteroatoms. The van der Waals surface area contributed by atoms with Crippen LogP contribution in [0.3, 0.4) is 0 Å². The van der Waals surface area contributed by atoms with Gasteiger partial charge in [-0.05, 0) is 36.8 Å². The van der Waals surface area contributed by atoms with Gasteiger partial charge in [0.2, 0.25) is 5.91 Å². The molecule has 0 aliphatic carbocycles. The molecule has 31 heavy (non-hydrogen) atoms. The van der Waals surface area contributed by atoms with Crippen molar-refractivity contribution in [2.24, 2.45) is 10.3 Å². The molecule has 1 saturated heterocycles.